The van der Waals surface area contributed by atoms with Gasteiger partial charge in [-0.15, -0.1) is 0 Å². The van der Waals surface area contributed by atoms with Gasteiger partial charge in [0, 0.05) is 0 Å². The van der Waals surface area contributed by atoms with Crippen molar-refractivity contribution >= 4 is 23.1 Å². The second kappa shape index (κ2) is 9.24. The molecule has 0 bridgehead atoms. The number of isothiocyanates is 1. The van der Waals surface area contributed by atoms with Gasteiger partial charge in [-0.05, 0) is 65.0 Å². The number of unbranched alkanes of at least 4 members (excludes halogenated alkanes) is 2. The van der Waals surface area contributed by atoms with Crippen molar-refractivity contribution < 1.29 is 0 Å². The minimum Gasteiger partial charge on any atom is -0.195 e. The fourth-order valence-corrected chi connectivity index (χ4v) is 3.18. The van der Waals surface area contributed by atoms with Crippen molar-refractivity contribution in [1.82, 2.24) is 0 Å². The summed E-state index contributed by atoms with van der Waals surface area (Å²) in [5, 5.41) is 2.40. The number of rotatable bonds is 7. The normalized spacial score (nSPS) is 10.3. The minimum absolute atomic E-state index is 0.833. The highest BCUT2D eigenvalue weighted by molar-refractivity contribution is 7.78. The van der Waals surface area contributed by atoms with Gasteiger partial charge in [0.1, 0.15) is 0 Å². The molecule has 1 nitrogen and oxygen atoms in total. The predicted octanol–water partition coefficient (Wildman–Crippen LogP) is 7.49. The SMILES string of the molecule is CCCCCc1ccc(-c2ccc(-c3ccc(N=C=S)cc3)cc2)cc1. The number of aliphatic imine (C=N–C) groups is 1. The van der Waals surface area contributed by atoms with Crippen molar-refractivity contribution in [3.8, 4) is 22.3 Å². The quantitative estimate of drug-likeness (QED) is 0.242. The number of nitrogens with zero attached hydrogens (tertiary/aromatic N) is 1. The Morgan fingerprint density at radius 3 is 1.62 bits per heavy atom. The lowest BCUT2D eigenvalue weighted by Gasteiger charge is -2.07. The van der Waals surface area contributed by atoms with Crippen LogP contribution in [0.5, 0.6) is 0 Å². The zero-order valence-electron chi connectivity index (χ0n) is 15.1. The van der Waals surface area contributed by atoms with Crippen molar-refractivity contribution in [3.05, 3.63) is 78.4 Å². The summed E-state index contributed by atoms with van der Waals surface area (Å²) in [6.07, 6.45) is 5.03. The monoisotopic (exact) mass is 357 g/mol. The molecule has 0 atom stereocenters. The van der Waals surface area contributed by atoms with Crippen LogP contribution in [-0.2, 0) is 6.42 Å². The van der Waals surface area contributed by atoms with E-state index in [0.29, 0.717) is 0 Å². The largest absolute Gasteiger partial charge is 0.195 e. The van der Waals surface area contributed by atoms with E-state index in [1.807, 2.05) is 12.1 Å². The topological polar surface area (TPSA) is 12.4 Å². The molecule has 0 N–H and O–H groups in total. The zero-order valence-corrected chi connectivity index (χ0v) is 15.9. The van der Waals surface area contributed by atoms with Gasteiger partial charge in [-0.2, -0.15) is 4.99 Å². The van der Waals surface area contributed by atoms with Gasteiger partial charge >= 0.3 is 0 Å². The van der Waals surface area contributed by atoms with E-state index >= 15 is 0 Å². The molecule has 0 spiro atoms. The molecule has 0 amide bonds. The van der Waals surface area contributed by atoms with Crippen molar-refractivity contribution in [2.45, 2.75) is 32.6 Å². The van der Waals surface area contributed by atoms with Crippen LogP contribution in [0.1, 0.15) is 31.7 Å². The molecule has 0 aliphatic carbocycles. The molecule has 3 aromatic carbocycles. The van der Waals surface area contributed by atoms with Crippen LogP contribution < -0.4 is 0 Å². The molecule has 0 heterocycles. The van der Waals surface area contributed by atoms with Gasteiger partial charge in [0.25, 0.3) is 0 Å². The van der Waals surface area contributed by atoms with Crippen molar-refractivity contribution in [3.63, 3.8) is 0 Å². The molecule has 0 fully saturated rings. The van der Waals surface area contributed by atoms with E-state index < -0.39 is 0 Å². The number of aryl methyl sites for hydroxylation is 1. The Kier molecular flexibility index (Phi) is 6.49. The molecule has 2 heteroatoms. The highest BCUT2D eigenvalue weighted by Crippen LogP contribution is 2.26. The average molecular weight is 358 g/mol. The highest BCUT2D eigenvalue weighted by Gasteiger charge is 2.01. The van der Waals surface area contributed by atoms with Gasteiger partial charge in [0.2, 0.25) is 0 Å². The molecule has 3 aromatic rings. The maximum atomic E-state index is 4.64. The summed E-state index contributed by atoms with van der Waals surface area (Å²) in [4.78, 5) is 3.99. The third-order valence-electron chi connectivity index (χ3n) is 4.62. The summed E-state index contributed by atoms with van der Waals surface area (Å²) in [5.41, 5.74) is 7.14. The van der Waals surface area contributed by atoms with Crippen LogP contribution in [0.4, 0.5) is 5.69 Å². The lowest BCUT2D eigenvalue weighted by Crippen LogP contribution is -1.86. The van der Waals surface area contributed by atoms with E-state index in [0.717, 1.165) is 5.69 Å². The van der Waals surface area contributed by atoms with Crippen LogP contribution in [0.15, 0.2) is 77.8 Å². The third kappa shape index (κ3) is 4.76. The molecule has 3 rings (SSSR count). The van der Waals surface area contributed by atoms with Crippen LogP contribution in [-0.4, -0.2) is 5.16 Å². The Bertz CT molecular complexity index is 871. The van der Waals surface area contributed by atoms with Gasteiger partial charge in [0.05, 0.1) is 10.8 Å². The van der Waals surface area contributed by atoms with E-state index in [2.05, 4.69) is 90.0 Å². The van der Waals surface area contributed by atoms with E-state index in [1.165, 1.54) is 53.5 Å². The first kappa shape index (κ1) is 18.3. The van der Waals surface area contributed by atoms with Gasteiger partial charge in [-0.3, -0.25) is 0 Å². The maximum Gasteiger partial charge on any atom is 0.0739 e. The first-order chi connectivity index (χ1) is 12.8. The Morgan fingerprint density at radius 1 is 0.692 bits per heavy atom. The van der Waals surface area contributed by atoms with Crippen LogP contribution >= 0.6 is 12.2 Å². The second-order valence-corrected chi connectivity index (χ2v) is 6.66. The first-order valence-corrected chi connectivity index (χ1v) is 9.58. The van der Waals surface area contributed by atoms with E-state index in [4.69, 9.17) is 0 Å². The number of hydrogen-bond acceptors (Lipinski definition) is 2. The number of thiocarbonyl (C=S) groups is 1. The molecule has 26 heavy (non-hydrogen) atoms. The summed E-state index contributed by atoms with van der Waals surface area (Å²) in [5.74, 6) is 0. The minimum atomic E-state index is 0.833. The average Bonchev–Trinajstić information content (AvgIpc) is 2.70. The van der Waals surface area contributed by atoms with E-state index in [9.17, 15) is 0 Å². The summed E-state index contributed by atoms with van der Waals surface area (Å²) in [6.45, 7) is 2.24. The van der Waals surface area contributed by atoms with Crippen LogP contribution in [0.3, 0.4) is 0 Å². The van der Waals surface area contributed by atoms with Gasteiger partial charge in [-0.1, -0.05) is 80.4 Å². The fraction of sp³-hybridized carbons (Fsp3) is 0.208. The highest BCUT2D eigenvalue weighted by atomic mass is 32.1. The Balaban J connectivity index is 1.71. The molecule has 0 radical (unpaired) electrons. The molecule has 0 saturated carbocycles. The molecule has 0 aromatic heterocycles. The molecule has 0 aliphatic rings. The Labute approximate surface area is 161 Å². The van der Waals surface area contributed by atoms with Crippen molar-refractivity contribution in [2.24, 2.45) is 4.99 Å². The lowest BCUT2D eigenvalue weighted by molar-refractivity contribution is 0.717. The molecule has 130 valence electrons. The van der Waals surface area contributed by atoms with Crippen LogP contribution in [0, 0.1) is 0 Å². The smallest absolute Gasteiger partial charge is 0.0739 e. The first-order valence-electron chi connectivity index (χ1n) is 9.18. The Hall–Kier alpha value is -2.54. The van der Waals surface area contributed by atoms with Gasteiger partial charge in [-0.25, -0.2) is 0 Å². The maximum absolute atomic E-state index is 4.64. The summed E-state index contributed by atoms with van der Waals surface area (Å²) < 4.78 is 0. The Morgan fingerprint density at radius 2 is 1.15 bits per heavy atom. The van der Waals surface area contributed by atoms with Gasteiger partial charge in [0.15, 0.2) is 0 Å². The number of benzene rings is 3. The lowest BCUT2D eigenvalue weighted by atomic mass is 9.98. The van der Waals surface area contributed by atoms with Gasteiger partial charge < -0.3 is 0 Å². The molecule has 0 saturated heterocycles. The summed E-state index contributed by atoms with van der Waals surface area (Å²) in [7, 11) is 0. The van der Waals surface area contributed by atoms with Crippen LogP contribution in [0.2, 0.25) is 0 Å². The molecule has 0 aliphatic heterocycles. The van der Waals surface area contributed by atoms with E-state index in [-0.39, 0.29) is 0 Å². The third-order valence-corrected chi connectivity index (χ3v) is 4.71. The van der Waals surface area contributed by atoms with Crippen molar-refractivity contribution in [2.75, 3.05) is 0 Å². The summed E-state index contributed by atoms with van der Waals surface area (Å²) in [6, 6.07) is 25.7. The molecular formula is C24H23NS. The standard InChI is InChI=1S/C24H23NS/c1-2-3-4-5-19-6-8-20(9-7-19)21-10-12-22(13-11-21)23-14-16-24(17-15-23)25-18-26/h6-17H,2-5H2,1H3. The fourth-order valence-electron chi connectivity index (χ4n) is 3.08. The van der Waals surface area contributed by atoms with Crippen LogP contribution in [0.25, 0.3) is 22.3 Å². The zero-order chi connectivity index (χ0) is 18.2. The molecular weight excluding hydrogens is 334 g/mol. The van der Waals surface area contributed by atoms with Crippen molar-refractivity contribution in [1.29, 1.82) is 0 Å². The second-order valence-electron chi connectivity index (χ2n) is 6.48. The summed E-state index contributed by atoms with van der Waals surface area (Å²) >= 11 is 4.64. The number of hydrogen-bond donors (Lipinski definition) is 0. The predicted molar refractivity (Wildman–Crippen MR) is 115 cm³/mol. The van der Waals surface area contributed by atoms with E-state index in [1.54, 1.807) is 0 Å². The molecule has 0 unspecified atom stereocenters.